The molecule has 0 saturated heterocycles. The molecule has 0 aliphatic heterocycles. The van der Waals surface area contributed by atoms with Gasteiger partial charge in [-0.05, 0) is 24.7 Å². The second-order valence-electron chi connectivity index (χ2n) is 4.49. The van der Waals surface area contributed by atoms with Crippen LogP contribution in [0.2, 0.25) is 0 Å². The van der Waals surface area contributed by atoms with E-state index >= 15 is 0 Å². The van der Waals surface area contributed by atoms with Gasteiger partial charge in [0.1, 0.15) is 0 Å². The SMILES string of the molecule is CC(C)(C)CCCCCC(=O)[O-].O.[K+]. The molecule has 4 heteroatoms. The van der Waals surface area contributed by atoms with Crippen molar-refractivity contribution in [2.45, 2.75) is 52.9 Å². The molecular formula is C10H21KO3. The van der Waals surface area contributed by atoms with E-state index in [1.165, 1.54) is 6.42 Å². The molecule has 2 N–H and O–H groups in total. The van der Waals surface area contributed by atoms with Crippen LogP contribution in [0.4, 0.5) is 0 Å². The minimum atomic E-state index is -0.925. The first-order valence-electron chi connectivity index (χ1n) is 4.62. The van der Waals surface area contributed by atoms with E-state index < -0.39 is 5.97 Å². The third-order valence-corrected chi connectivity index (χ3v) is 1.81. The van der Waals surface area contributed by atoms with Crippen molar-refractivity contribution in [2.24, 2.45) is 5.41 Å². The molecule has 0 rings (SSSR count). The van der Waals surface area contributed by atoms with Gasteiger partial charge in [0, 0.05) is 5.97 Å². The predicted octanol–water partition coefficient (Wildman–Crippen LogP) is -2.09. The molecule has 0 aromatic carbocycles. The van der Waals surface area contributed by atoms with E-state index in [4.69, 9.17) is 0 Å². The normalized spacial score (nSPS) is 9.93. The molecule has 0 aromatic heterocycles. The molecule has 0 fully saturated rings. The number of carbonyl (C=O) groups is 1. The molecule has 0 aliphatic rings. The Morgan fingerprint density at radius 1 is 1.14 bits per heavy atom. The van der Waals surface area contributed by atoms with E-state index in [-0.39, 0.29) is 63.3 Å². The first kappa shape index (κ1) is 20.5. The van der Waals surface area contributed by atoms with Gasteiger partial charge in [-0.15, -0.1) is 0 Å². The third kappa shape index (κ3) is 18.8. The summed E-state index contributed by atoms with van der Waals surface area (Å²) in [6, 6.07) is 0. The average Bonchev–Trinajstić information content (AvgIpc) is 1.83. The smallest absolute Gasteiger partial charge is 0.550 e. The standard InChI is InChI=1S/C10H20O2.K.H2O/c1-10(2,3)8-6-4-5-7-9(11)12;;/h4-8H2,1-3H3,(H,11,12);;1H2/q;+1;/p-1. The number of rotatable bonds is 5. The maximum absolute atomic E-state index is 10.0. The molecule has 0 amide bonds. The Hall–Kier alpha value is 1.07. The number of hydrogen-bond donors (Lipinski definition) is 0. The maximum Gasteiger partial charge on any atom is 1.00 e. The quantitative estimate of drug-likeness (QED) is 0.400. The van der Waals surface area contributed by atoms with Crippen molar-refractivity contribution in [3.05, 3.63) is 0 Å². The number of carboxylic acid groups (broad SMARTS) is 1. The number of carbonyl (C=O) groups excluding carboxylic acids is 1. The minimum Gasteiger partial charge on any atom is -0.550 e. The number of carboxylic acids is 1. The number of aliphatic carboxylic acids is 1. The van der Waals surface area contributed by atoms with Crippen LogP contribution in [0.3, 0.4) is 0 Å². The summed E-state index contributed by atoms with van der Waals surface area (Å²) in [7, 11) is 0. The molecule has 3 nitrogen and oxygen atoms in total. The summed E-state index contributed by atoms with van der Waals surface area (Å²) < 4.78 is 0. The van der Waals surface area contributed by atoms with Crippen molar-refractivity contribution in [1.29, 1.82) is 0 Å². The molecule has 0 heterocycles. The van der Waals surface area contributed by atoms with Gasteiger partial charge in [-0.1, -0.05) is 33.6 Å². The van der Waals surface area contributed by atoms with Gasteiger partial charge < -0.3 is 15.4 Å². The van der Waals surface area contributed by atoms with Gasteiger partial charge >= 0.3 is 51.4 Å². The van der Waals surface area contributed by atoms with Crippen LogP contribution in [0.25, 0.3) is 0 Å². The van der Waals surface area contributed by atoms with Crippen LogP contribution in [-0.2, 0) is 4.79 Å². The third-order valence-electron chi connectivity index (χ3n) is 1.81. The van der Waals surface area contributed by atoms with E-state index in [0.717, 1.165) is 19.3 Å². The zero-order valence-electron chi connectivity index (χ0n) is 9.85. The molecule has 0 unspecified atom stereocenters. The second kappa shape index (κ2) is 10.6. The van der Waals surface area contributed by atoms with Crippen LogP contribution >= 0.6 is 0 Å². The summed E-state index contributed by atoms with van der Waals surface area (Å²) >= 11 is 0. The molecule has 0 aliphatic carbocycles. The fourth-order valence-corrected chi connectivity index (χ4v) is 1.10. The van der Waals surface area contributed by atoms with E-state index in [2.05, 4.69) is 20.8 Å². The Balaban J connectivity index is -0.000000605. The largest absolute Gasteiger partial charge is 1.00 e. The topological polar surface area (TPSA) is 71.6 Å². The maximum atomic E-state index is 10.0. The van der Waals surface area contributed by atoms with Crippen LogP contribution in [0.15, 0.2) is 0 Å². The molecule has 0 saturated carbocycles. The average molecular weight is 228 g/mol. The van der Waals surface area contributed by atoms with Crippen molar-refractivity contribution < 1.29 is 66.8 Å². The molecular weight excluding hydrogens is 207 g/mol. The molecule has 80 valence electrons. The first-order chi connectivity index (χ1) is 5.42. The molecule has 0 spiro atoms. The van der Waals surface area contributed by atoms with Crippen molar-refractivity contribution in [2.75, 3.05) is 0 Å². The second-order valence-corrected chi connectivity index (χ2v) is 4.49. The van der Waals surface area contributed by atoms with E-state index in [1.807, 2.05) is 0 Å². The summed E-state index contributed by atoms with van der Waals surface area (Å²) in [5.74, 6) is -0.925. The molecule has 0 atom stereocenters. The van der Waals surface area contributed by atoms with Gasteiger partial charge in [-0.3, -0.25) is 0 Å². The van der Waals surface area contributed by atoms with Gasteiger partial charge in [0.05, 0.1) is 0 Å². The Kier molecular flexibility index (Phi) is 15.5. The zero-order valence-corrected chi connectivity index (χ0v) is 13.0. The van der Waals surface area contributed by atoms with Gasteiger partial charge in [-0.2, -0.15) is 0 Å². The molecule has 14 heavy (non-hydrogen) atoms. The van der Waals surface area contributed by atoms with E-state index in [1.54, 1.807) is 0 Å². The summed E-state index contributed by atoms with van der Waals surface area (Å²) in [6.07, 6.45) is 4.27. The Morgan fingerprint density at radius 3 is 2.00 bits per heavy atom. The monoisotopic (exact) mass is 228 g/mol. The fraction of sp³-hybridized carbons (Fsp3) is 0.900. The van der Waals surface area contributed by atoms with Crippen LogP contribution in [0.1, 0.15) is 52.9 Å². The number of unbranched alkanes of at least 4 members (excludes halogenated alkanes) is 2. The van der Waals surface area contributed by atoms with Crippen LogP contribution in [0, 0.1) is 5.41 Å². The van der Waals surface area contributed by atoms with Crippen molar-refractivity contribution in [1.82, 2.24) is 0 Å². The fourth-order valence-electron chi connectivity index (χ4n) is 1.10. The summed E-state index contributed by atoms with van der Waals surface area (Å²) in [6.45, 7) is 6.60. The predicted molar refractivity (Wildman–Crippen MR) is 51.2 cm³/mol. The van der Waals surface area contributed by atoms with Gasteiger partial charge in [-0.25, -0.2) is 0 Å². The zero-order chi connectivity index (χ0) is 9.61. The summed E-state index contributed by atoms with van der Waals surface area (Å²) in [4.78, 5) is 10.0. The van der Waals surface area contributed by atoms with Crippen molar-refractivity contribution in [3.63, 3.8) is 0 Å². The summed E-state index contributed by atoms with van der Waals surface area (Å²) in [5, 5.41) is 10.0. The molecule has 0 bridgehead atoms. The first-order valence-corrected chi connectivity index (χ1v) is 4.62. The van der Waals surface area contributed by atoms with Crippen LogP contribution in [0.5, 0.6) is 0 Å². The minimum absolute atomic E-state index is 0. The van der Waals surface area contributed by atoms with Gasteiger partial charge in [0.15, 0.2) is 0 Å². The number of hydrogen-bond acceptors (Lipinski definition) is 2. The van der Waals surface area contributed by atoms with Crippen LogP contribution in [-0.4, -0.2) is 11.4 Å². The molecule has 0 radical (unpaired) electrons. The van der Waals surface area contributed by atoms with E-state index in [9.17, 15) is 9.90 Å². The molecule has 0 aromatic rings. The van der Waals surface area contributed by atoms with Crippen molar-refractivity contribution >= 4 is 5.97 Å². The Bertz CT molecular complexity index is 141. The summed E-state index contributed by atoms with van der Waals surface area (Å²) in [5.41, 5.74) is 0.376. The Morgan fingerprint density at radius 2 is 1.64 bits per heavy atom. The van der Waals surface area contributed by atoms with Gasteiger partial charge in [0.2, 0.25) is 0 Å². The van der Waals surface area contributed by atoms with E-state index in [0.29, 0.717) is 5.41 Å². The van der Waals surface area contributed by atoms with Crippen molar-refractivity contribution in [3.8, 4) is 0 Å². The van der Waals surface area contributed by atoms with Gasteiger partial charge in [0.25, 0.3) is 0 Å². The van der Waals surface area contributed by atoms with Crippen LogP contribution < -0.4 is 56.5 Å². The Labute approximate surface area is 129 Å².